The zero-order valence-electron chi connectivity index (χ0n) is 20.4. The van der Waals surface area contributed by atoms with E-state index in [-0.39, 0.29) is 0 Å². The molecule has 0 fully saturated rings. The van der Waals surface area contributed by atoms with Gasteiger partial charge in [0.1, 0.15) is 11.6 Å². The van der Waals surface area contributed by atoms with Crippen molar-refractivity contribution in [2.75, 3.05) is 16.4 Å². The number of anilines is 3. The molecule has 6 nitrogen and oxygen atoms in total. The second-order valence-corrected chi connectivity index (χ2v) is 9.92. The molecule has 0 aliphatic carbocycles. The zero-order valence-corrected chi connectivity index (χ0v) is 21.3. The number of pyridine rings is 1. The number of urea groups is 1. The lowest BCUT2D eigenvalue weighted by atomic mass is 10.0. The third kappa shape index (κ3) is 4.71. The maximum Gasteiger partial charge on any atom is 0.416 e. The smallest absolute Gasteiger partial charge is 0.383 e. The lowest BCUT2D eigenvalue weighted by Crippen LogP contribution is -2.20. The van der Waals surface area contributed by atoms with Gasteiger partial charge in [-0.2, -0.15) is 13.2 Å². The Hall–Kier alpha value is -4.90. The largest absolute Gasteiger partial charge is 0.416 e. The highest BCUT2D eigenvalue weighted by atomic mass is 32.1. The summed E-state index contributed by atoms with van der Waals surface area (Å²) in [7, 11) is 0. The number of nitrogens with one attached hydrogen (secondary N) is 3. The number of fused-ring (bicyclic) bond motifs is 2. The number of thiophene rings is 1. The Morgan fingerprint density at radius 1 is 0.925 bits per heavy atom. The standard InChI is InChI=1S/C29H19F4N5OS/c30-22-7-4-18(29(31,32)33)12-24(22)38-28(39)37-19-5-1-15(2-6-19)21-14-40-26-20(13-36-27(34)25(21)26)16-3-8-23-17(11-16)9-10-35-23/h1-14,35H,(H2,34,36)(H2,37,38,39). The van der Waals surface area contributed by atoms with Gasteiger partial charge in [-0.3, -0.25) is 0 Å². The molecule has 200 valence electrons. The molecule has 6 rings (SSSR count). The lowest BCUT2D eigenvalue weighted by molar-refractivity contribution is -0.137. The van der Waals surface area contributed by atoms with Crippen molar-refractivity contribution in [2.45, 2.75) is 6.18 Å². The fourth-order valence-corrected chi connectivity index (χ4v) is 5.64. The van der Waals surface area contributed by atoms with Crippen LogP contribution >= 0.6 is 11.3 Å². The first kappa shape index (κ1) is 25.4. The van der Waals surface area contributed by atoms with Gasteiger partial charge in [-0.15, -0.1) is 11.3 Å². The van der Waals surface area contributed by atoms with Crippen LogP contribution in [-0.2, 0) is 6.18 Å². The number of benzene rings is 3. The van der Waals surface area contributed by atoms with Crippen LogP contribution in [0.5, 0.6) is 0 Å². The summed E-state index contributed by atoms with van der Waals surface area (Å²) in [6.45, 7) is 0. The average molecular weight is 562 g/mol. The minimum atomic E-state index is -4.67. The third-order valence-electron chi connectivity index (χ3n) is 6.48. The number of H-pyrrole nitrogens is 1. The van der Waals surface area contributed by atoms with Gasteiger partial charge in [-0.05, 0) is 70.4 Å². The number of rotatable bonds is 4. The number of carbonyl (C=O) groups is 1. The van der Waals surface area contributed by atoms with Crippen molar-refractivity contribution in [2.24, 2.45) is 0 Å². The van der Waals surface area contributed by atoms with Gasteiger partial charge in [0.25, 0.3) is 0 Å². The van der Waals surface area contributed by atoms with Gasteiger partial charge in [-0.25, -0.2) is 14.2 Å². The van der Waals surface area contributed by atoms with Crippen LogP contribution in [0.2, 0.25) is 0 Å². The van der Waals surface area contributed by atoms with Gasteiger partial charge >= 0.3 is 12.2 Å². The number of aromatic nitrogens is 2. The number of nitrogen functional groups attached to an aromatic ring is 1. The Kier molecular flexibility index (Phi) is 6.15. The molecule has 0 spiro atoms. The van der Waals surface area contributed by atoms with E-state index in [1.807, 2.05) is 29.8 Å². The summed E-state index contributed by atoms with van der Waals surface area (Å²) in [5.41, 5.74) is 9.72. The Balaban J connectivity index is 1.25. The van der Waals surface area contributed by atoms with Crippen molar-refractivity contribution in [1.29, 1.82) is 0 Å². The van der Waals surface area contributed by atoms with E-state index in [0.717, 1.165) is 43.2 Å². The predicted octanol–water partition coefficient (Wildman–Crippen LogP) is 8.50. The van der Waals surface area contributed by atoms with E-state index in [9.17, 15) is 22.4 Å². The minimum absolute atomic E-state index is 0.361. The van der Waals surface area contributed by atoms with Crippen molar-refractivity contribution in [3.05, 3.63) is 95.9 Å². The van der Waals surface area contributed by atoms with E-state index < -0.39 is 29.3 Å². The molecule has 6 aromatic rings. The first-order chi connectivity index (χ1) is 19.2. The highest BCUT2D eigenvalue weighted by molar-refractivity contribution is 7.18. The van der Waals surface area contributed by atoms with E-state index in [1.165, 1.54) is 0 Å². The lowest BCUT2D eigenvalue weighted by Gasteiger charge is -2.12. The molecule has 2 amide bonds. The van der Waals surface area contributed by atoms with Gasteiger partial charge in [0.05, 0.1) is 11.3 Å². The van der Waals surface area contributed by atoms with Crippen molar-refractivity contribution in [3.63, 3.8) is 0 Å². The summed E-state index contributed by atoms with van der Waals surface area (Å²) < 4.78 is 53.8. The summed E-state index contributed by atoms with van der Waals surface area (Å²) in [4.78, 5) is 20.0. The quantitative estimate of drug-likeness (QED) is 0.163. The molecule has 11 heteroatoms. The minimum Gasteiger partial charge on any atom is -0.383 e. The van der Waals surface area contributed by atoms with Crippen LogP contribution in [0, 0.1) is 5.82 Å². The Morgan fingerprint density at radius 3 is 2.48 bits per heavy atom. The molecule has 3 heterocycles. The van der Waals surface area contributed by atoms with E-state index in [1.54, 1.807) is 41.8 Å². The SMILES string of the molecule is Nc1ncc(-c2ccc3[nH]ccc3c2)c2scc(-c3ccc(NC(=O)Nc4cc(C(F)(F)F)ccc4F)cc3)c12. The first-order valence-corrected chi connectivity index (χ1v) is 12.8. The highest BCUT2D eigenvalue weighted by Crippen LogP contribution is 2.42. The number of hydrogen-bond acceptors (Lipinski definition) is 4. The summed E-state index contributed by atoms with van der Waals surface area (Å²) >= 11 is 1.55. The molecule has 0 unspecified atom stereocenters. The first-order valence-electron chi connectivity index (χ1n) is 12.0. The van der Waals surface area contributed by atoms with Crippen LogP contribution < -0.4 is 16.4 Å². The Labute approximate surface area is 228 Å². The number of hydrogen-bond donors (Lipinski definition) is 4. The molecule has 0 saturated heterocycles. The van der Waals surface area contributed by atoms with Crippen LogP contribution in [0.4, 0.5) is 39.5 Å². The van der Waals surface area contributed by atoms with E-state index >= 15 is 0 Å². The maximum absolute atomic E-state index is 14.0. The topological polar surface area (TPSA) is 95.8 Å². The fourth-order valence-electron chi connectivity index (χ4n) is 4.52. The zero-order chi connectivity index (χ0) is 28.0. The molecule has 0 bridgehead atoms. The van der Waals surface area contributed by atoms with Gasteiger partial charge in [-0.1, -0.05) is 18.2 Å². The van der Waals surface area contributed by atoms with Gasteiger partial charge in [0, 0.05) is 44.8 Å². The molecule has 0 atom stereocenters. The molecular weight excluding hydrogens is 542 g/mol. The van der Waals surface area contributed by atoms with E-state index in [4.69, 9.17) is 5.73 Å². The molecule has 0 saturated carbocycles. The second-order valence-electron chi connectivity index (χ2n) is 9.04. The molecule has 0 aliphatic rings. The monoisotopic (exact) mass is 561 g/mol. The molecule has 0 radical (unpaired) electrons. The molecule has 40 heavy (non-hydrogen) atoms. The summed E-state index contributed by atoms with van der Waals surface area (Å²) in [6, 6.07) is 15.9. The normalized spacial score (nSPS) is 11.7. The molecule has 3 aromatic carbocycles. The summed E-state index contributed by atoms with van der Waals surface area (Å²) in [5, 5.41) is 8.52. The van der Waals surface area contributed by atoms with Crippen molar-refractivity contribution >= 4 is 55.5 Å². The summed E-state index contributed by atoms with van der Waals surface area (Å²) in [5.74, 6) is -0.594. The number of nitrogens with zero attached hydrogens (tertiary/aromatic N) is 1. The van der Waals surface area contributed by atoms with Gasteiger partial charge in [0.2, 0.25) is 0 Å². The Morgan fingerprint density at radius 2 is 1.70 bits per heavy atom. The van der Waals surface area contributed by atoms with E-state index in [2.05, 4.69) is 26.7 Å². The van der Waals surface area contributed by atoms with Gasteiger partial charge in [0.15, 0.2) is 0 Å². The number of amides is 2. The summed E-state index contributed by atoms with van der Waals surface area (Å²) in [6.07, 6.45) is -1.01. The second kappa shape index (κ2) is 9.69. The molecular formula is C29H19F4N5OS. The average Bonchev–Trinajstić information content (AvgIpc) is 3.58. The van der Waals surface area contributed by atoms with Crippen molar-refractivity contribution < 1.29 is 22.4 Å². The molecule has 3 aromatic heterocycles. The molecule has 0 aliphatic heterocycles. The van der Waals surface area contributed by atoms with E-state index in [0.29, 0.717) is 29.7 Å². The maximum atomic E-state index is 14.0. The number of halogens is 4. The molecule has 5 N–H and O–H groups in total. The van der Waals surface area contributed by atoms with Crippen LogP contribution in [0.25, 0.3) is 43.2 Å². The number of alkyl halides is 3. The number of carbonyl (C=O) groups excluding carboxylic acids is 1. The van der Waals surface area contributed by atoms with Crippen LogP contribution in [-0.4, -0.2) is 16.0 Å². The predicted molar refractivity (Wildman–Crippen MR) is 151 cm³/mol. The highest BCUT2D eigenvalue weighted by Gasteiger charge is 2.31. The fraction of sp³-hybridized carbons (Fsp3) is 0.0345. The number of aromatic amines is 1. The third-order valence-corrected chi connectivity index (χ3v) is 7.50. The van der Waals surface area contributed by atoms with Crippen LogP contribution in [0.1, 0.15) is 5.56 Å². The van der Waals surface area contributed by atoms with Crippen LogP contribution in [0.15, 0.2) is 84.5 Å². The van der Waals surface area contributed by atoms with Crippen LogP contribution in [0.3, 0.4) is 0 Å². The number of nitrogens with two attached hydrogens (primary N) is 1. The van der Waals surface area contributed by atoms with Crippen molar-refractivity contribution in [1.82, 2.24) is 9.97 Å². The van der Waals surface area contributed by atoms with Crippen molar-refractivity contribution in [3.8, 4) is 22.3 Å². The Bertz CT molecular complexity index is 1890. The van der Waals surface area contributed by atoms with Gasteiger partial charge < -0.3 is 21.4 Å².